The van der Waals surface area contributed by atoms with Crippen LogP contribution < -0.4 is 5.32 Å². The van der Waals surface area contributed by atoms with E-state index >= 15 is 0 Å². The number of aliphatic hydroxyl groups is 1. The van der Waals surface area contributed by atoms with Crippen LogP contribution in [0.3, 0.4) is 0 Å². The molecule has 0 bridgehead atoms. The van der Waals surface area contributed by atoms with Gasteiger partial charge in [-0.1, -0.05) is 11.6 Å². The second-order valence-corrected chi connectivity index (χ2v) is 4.73. The summed E-state index contributed by atoms with van der Waals surface area (Å²) < 4.78 is 0. The van der Waals surface area contributed by atoms with Crippen LogP contribution in [0, 0.1) is 5.41 Å². The third-order valence-electron chi connectivity index (χ3n) is 3.18. The Morgan fingerprint density at radius 1 is 1.53 bits per heavy atom. The zero-order valence-corrected chi connectivity index (χ0v) is 10.1. The Balaban J connectivity index is 2.04. The molecule has 92 valence electrons. The maximum atomic E-state index is 10.9. The van der Waals surface area contributed by atoms with E-state index in [0.29, 0.717) is 18.6 Å². The highest BCUT2D eigenvalue weighted by Crippen LogP contribution is 2.48. The second kappa shape index (κ2) is 4.98. The lowest BCUT2D eigenvalue weighted by Crippen LogP contribution is -2.18. The van der Waals surface area contributed by atoms with Crippen molar-refractivity contribution >= 4 is 23.7 Å². The zero-order chi connectivity index (χ0) is 12.3. The molecule has 1 heterocycles. The summed E-state index contributed by atoms with van der Waals surface area (Å²) in [5, 5.41) is 12.2. The highest BCUT2D eigenvalue weighted by Gasteiger charge is 2.41. The summed E-state index contributed by atoms with van der Waals surface area (Å²) >= 11 is 5.79. The number of halogens is 1. The minimum absolute atomic E-state index is 0.157. The van der Waals surface area contributed by atoms with Gasteiger partial charge in [-0.15, -0.1) is 0 Å². The molecule has 5 nitrogen and oxygen atoms in total. The van der Waals surface area contributed by atoms with Crippen LogP contribution in [0.1, 0.15) is 29.6 Å². The second-order valence-electron chi connectivity index (χ2n) is 4.37. The van der Waals surface area contributed by atoms with Crippen molar-refractivity contribution in [2.45, 2.75) is 19.3 Å². The lowest BCUT2D eigenvalue weighted by molar-refractivity contribution is 0.112. The predicted molar refractivity (Wildman–Crippen MR) is 64.3 cm³/mol. The summed E-state index contributed by atoms with van der Waals surface area (Å²) in [5.41, 5.74) is 0.445. The molecule has 1 saturated carbocycles. The van der Waals surface area contributed by atoms with Crippen LogP contribution in [0.2, 0.25) is 5.15 Å². The molecule has 1 aromatic rings. The zero-order valence-electron chi connectivity index (χ0n) is 9.32. The van der Waals surface area contributed by atoms with Crippen molar-refractivity contribution in [3.63, 3.8) is 0 Å². The van der Waals surface area contributed by atoms with Gasteiger partial charge in [0.25, 0.3) is 0 Å². The molecule has 0 spiro atoms. The van der Waals surface area contributed by atoms with Gasteiger partial charge in [-0.3, -0.25) is 4.79 Å². The number of nitrogens with one attached hydrogen (secondary N) is 1. The molecule has 0 aromatic carbocycles. The highest BCUT2D eigenvalue weighted by molar-refractivity contribution is 6.32. The average Bonchev–Trinajstić information content (AvgIpc) is 3.07. The number of hydrogen-bond acceptors (Lipinski definition) is 5. The topological polar surface area (TPSA) is 75.1 Å². The molecule has 1 aromatic heterocycles. The van der Waals surface area contributed by atoms with Gasteiger partial charge in [-0.2, -0.15) is 0 Å². The Morgan fingerprint density at radius 2 is 2.29 bits per heavy atom. The van der Waals surface area contributed by atoms with Gasteiger partial charge in [0.05, 0.1) is 5.56 Å². The summed E-state index contributed by atoms with van der Waals surface area (Å²) in [6.07, 6.45) is 4.93. The van der Waals surface area contributed by atoms with Gasteiger partial charge in [0.15, 0.2) is 6.29 Å². The third kappa shape index (κ3) is 2.73. The molecule has 0 aliphatic heterocycles. The van der Waals surface area contributed by atoms with E-state index in [1.807, 2.05) is 0 Å². The first-order chi connectivity index (χ1) is 8.21. The fourth-order valence-corrected chi connectivity index (χ4v) is 2.00. The van der Waals surface area contributed by atoms with E-state index in [4.69, 9.17) is 16.7 Å². The van der Waals surface area contributed by atoms with Crippen LogP contribution in [-0.2, 0) is 0 Å². The molecule has 17 heavy (non-hydrogen) atoms. The van der Waals surface area contributed by atoms with E-state index in [2.05, 4.69) is 15.3 Å². The minimum atomic E-state index is 0.157. The molecule has 2 rings (SSSR count). The molecule has 1 fully saturated rings. The van der Waals surface area contributed by atoms with Gasteiger partial charge in [-0.05, 0) is 24.7 Å². The average molecular weight is 256 g/mol. The largest absolute Gasteiger partial charge is 0.396 e. The van der Waals surface area contributed by atoms with E-state index < -0.39 is 0 Å². The Labute approximate surface area is 104 Å². The number of nitrogens with zero attached hydrogens (tertiary/aromatic N) is 2. The monoisotopic (exact) mass is 255 g/mol. The summed E-state index contributed by atoms with van der Waals surface area (Å²) in [7, 11) is 0. The molecule has 6 heteroatoms. The standard InChI is InChI=1S/C11H14ClN3O2/c12-9-8(5-17)10(15-7-14-9)13-6-11(1-2-11)3-4-16/h5,7,16H,1-4,6H2,(H,13,14,15). The molecule has 1 aliphatic rings. The molecule has 0 radical (unpaired) electrons. The quantitative estimate of drug-likeness (QED) is 0.595. The maximum absolute atomic E-state index is 10.9. The van der Waals surface area contributed by atoms with E-state index in [-0.39, 0.29) is 22.7 Å². The van der Waals surface area contributed by atoms with Crippen LogP contribution >= 0.6 is 11.6 Å². The lowest BCUT2D eigenvalue weighted by atomic mass is 10.0. The summed E-state index contributed by atoms with van der Waals surface area (Å²) in [4.78, 5) is 18.6. The van der Waals surface area contributed by atoms with Crippen LogP contribution in [0.25, 0.3) is 0 Å². The van der Waals surface area contributed by atoms with Crippen molar-refractivity contribution in [2.24, 2.45) is 5.41 Å². The van der Waals surface area contributed by atoms with Crippen molar-refractivity contribution in [3.8, 4) is 0 Å². The Hall–Kier alpha value is -1.20. The molecule has 2 N–H and O–H groups in total. The van der Waals surface area contributed by atoms with Crippen molar-refractivity contribution in [1.82, 2.24) is 9.97 Å². The Kier molecular flexibility index (Phi) is 3.59. The van der Waals surface area contributed by atoms with E-state index in [0.717, 1.165) is 19.3 Å². The number of aldehydes is 1. The molecule has 0 unspecified atom stereocenters. The SMILES string of the molecule is O=Cc1c(Cl)ncnc1NCC1(CCO)CC1. The first-order valence-corrected chi connectivity index (χ1v) is 5.89. The van der Waals surface area contributed by atoms with Gasteiger partial charge in [0, 0.05) is 13.2 Å². The maximum Gasteiger partial charge on any atom is 0.156 e. The number of rotatable bonds is 6. The van der Waals surface area contributed by atoms with Gasteiger partial charge in [0.1, 0.15) is 17.3 Å². The van der Waals surface area contributed by atoms with E-state index in [9.17, 15) is 4.79 Å². The van der Waals surface area contributed by atoms with Crippen molar-refractivity contribution in [3.05, 3.63) is 17.0 Å². The molecule has 1 aliphatic carbocycles. The predicted octanol–water partition coefficient (Wildman–Crippen LogP) is 1.52. The lowest BCUT2D eigenvalue weighted by Gasteiger charge is -2.15. The number of hydrogen-bond donors (Lipinski definition) is 2. The van der Waals surface area contributed by atoms with Gasteiger partial charge in [-0.25, -0.2) is 9.97 Å². The van der Waals surface area contributed by atoms with Gasteiger partial charge < -0.3 is 10.4 Å². The van der Waals surface area contributed by atoms with Crippen molar-refractivity contribution in [2.75, 3.05) is 18.5 Å². The van der Waals surface area contributed by atoms with Crippen molar-refractivity contribution < 1.29 is 9.90 Å². The molecule has 0 saturated heterocycles. The number of carbonyl (C=O) groups excluding carboxylic acids is 1. The van der Waals surface area contributed by atoms with Crippen LogP contribution in [0.4, 0.5) is 5.82 Å². The molecule has 0 amide bonds. The van der Waals surface area contributed by atoms with Gasteiger partial charge in [0.2, 0.25) is 0 Å². The highest BCUT2D eigenvalue weighted by atomic mass is 35.5. The molecule has 0 atom stereocenters. The Morgan fingerprint density at radius 3 is 2.88 bits per heavy atom. The fourth-order valence-electron chi connectivity index (χ4n) is 1.82. The minimum Gasteiger partial charge on any atom is -0.396 e. The fraction of sp³-hybridized carbons (Fsp3) is 0.545. The number of aliphatic hydroxyl groups excluding tert-OH is 1. The number of aromatic nitrogens is 2. The third-order valence-corrected chi connectivity index (χ3v) is 3.48. The molecular formula is C11H14ClN3O2. The van der Waals surface area contributed by atoms with Crippen LogP contribution in [-0.4, -0.2) is 34.5 Å². The van der Waals surface area contributed by atoms with Crippen LogP contribution in [0.15, 0.2) is 6.33 Å². The summed E-state index contributed by atoms with van der Waals surface area (Å²) in [6.45, 7) is 0.883. The van der Waals surface area contributed by atoms with Gasteiger partial charge >= 0.3 is 0 Å². The molecular weight excluding hydrogens is 242 g/mol. The first kappa shape index (κ1) is 12.3. The first-order valence-electron chi connectivity index (χ1n) is 5.51. The summed E-state index contributed by atoms with van der Waals surface area (Å²) in [6, 6.07) is 0. The smallest absolute Gasteiger partial charge is 0.156 e. The van der Waals surface area contributed by atoms with E-state index in [1.165, 1.54) is 6.33 Å². The number of anilines is 1. The van der Waals surface area contributed by atoms with Crippen LogP contribution in [0.5, 0.6) is 0 Å². The normalized spacial score (nSPS) is 16.6. The van der Waals surface area contributed by atoms with E-state index in [1.54, 1.807) is 0 Å². The Bertz CT molecular complexity index is 421. The summed E-state index contributed by atoms with van der Waals surface area (Å²) in [5.74, 6) is 0.462. The van der Waals surface area contributed by atoms with Crippen molar-refractivity contribution in [1.29, 1.82) is 0 Å². The number of carbonyl (C=O) groups is 1.